The lowest BCUT2D eigenvalue weighted by Crippen LogP contribution is -2.24. The molecule has 0 bridgehead atoms. The van der Waals surface area contributed by atoms with Crippen molar-refractivity contribution in [1.82, 2.24) is 0 Å². The Labute approximate surface area is 119 Å². The smallest absolute Gasteiger partial charge is 0.164 e. The van der Waals surface area contributed by atoms with Gasteiger partial charge in [-0.15, -0.1) is 0 Å². The van der Waals surface area contributed by atoms with Crippen molar-refractivity contribution >= 4 is 0 Å². The van der Waals surface area contributed by atoms with E-state index in [-0.39, 0.29) is 5.92 Å². The Morgan fingerprint density at radius 2 is 1.75 bits per heavy atom. The van der Waals surface area contributed by atoms with Gasteiger partial charge in [-0.3, -0.25) is 0 Å². The second-order valence-corrected chi connectivity index (χ2v) is 4.87. The van der Waals surface area contributed by atoms with Crippen LogP contribution < -0.4 is 14.2 Å². The van der Waals surface area contributed by atoms with Crippen LogP contribution in [-0.2, 0) is 4.74 Å². The first-order chi connectivity index (χ1) is 9.71. The molecule has 0 aliphatic carbocycles. The molecule has 0 saturated carbocycles. The summed E-state index contributed by atoms with van der Waals surface area (Å²) < 4.78 is 21.3. The van der Waals surface area contributed by atoms with Crippen LogP contribution in [-0.4, -0.2) is 39.6 Å². The summed E-state index contributed by atoms with van der Waals surface area (Å²) in [5.41, 5.74) is 0.709. The predicted octanol–water partition coefficient (Wildman–Crippen LogP) is 2.17. The highest BCUT2D eigenvalue weighted by molar-refractivity contribution is 5.51. The molecule has 1 fully saturated rings. The molecular weight excluding hydrogens is 260 g/mol. The van der Waals surface area contributed by atoms with Gasteiger partial charge in [0.25, 0.3) is 0 Å². The molecule has 1 aliphatic rings. The first-order valence-electron chi connectivity index (χ1n) is 6.77. The van der Waals surface area contributed by atoms with E-state index in [1.54, 1.807) is 33.5 Å². The predicted molar refractivity (Wildman–Crippen MR) is 74.6 cm³/mol. The SMILES string of the molecule is COc1cc(OC)c(C(O)C2CCCOC2)cc1OC. The van der Waals surface area contributed by atoms with Gasteiger partial charge in [0.15, 0.2) is 11.5 Å². The second-order valence-electron chi connectivity index (χ2n) is 4.87. The summed E-state index contributed by atoms with van der Waals surface area (Å²) in [6.45, 7) is 1.34. The molecule has 0 aromatic heterocycles. The van der Waals surface area contributed by atoms with Crippen LogP contribution in [0.15, 0.2) is 12.1 Å². The van der Waals surface area contributed by atoms with E-state index in [2.05, 4.69) is 0 Å². The van der Waals surface area contributed by atoms with Gasteiger partial charge in [0.2, 0.25) is 0 Å². The van der Waals surface area contributed by atoms with E-state index in [9.17, 15) is 5.11 Å². The third kappa shape index (κ3) is 2.99. The van der Waals surface area contributed by atoms with Gasteiger partial charge in [0, 0.05) is 24.2 Å². The van der Waals surface area contributed by atoms with Gasteiger partial charge in [-0.05, 0) is 18.9 Å². The molecular formula is C15H22O5. The maximum Gasteiger partial charge on any atom is 0.164 e. The highest BCUT2D eigenvalue weighted by Crippen LogP contribution is 2.40. The molecule has 2 rings (SSSR count). The van der Waals surface area contributed by atoms with Gasteiger partial charge < -0.3 is 24.1 Å². The minimum Gasteiger partial charge on any atom is -0.496 e. The molecule has 1 aromatic rings. The second kappa shape index (κ2) is 6.81. The Kier molecular flexibility index (Phi) is 5.09. The van der Waals surface area contributed by atoms with Gasteiger partial charge in [0.1, 0.15) is 5.75 Å². The molecule has 1 N–H and O–H groups in total. The number of methoxy groups -OCH3 is 3. The van der Waals surface area contributed by atoms with E-state index >= 15 is 0 Å². The van der Waals surface area contributed by atoms with Crippen molar-refractivity contribution in [3.8, 4) is 17.2 Å². The Bertz CT molecular complexity index is 440. The molecule has 0 spiro atoms. The molecule has 1 aromatic carbocycles. The summed E-state index contributed by atoms with van der Waals surface area (Å²) >= 11 is 0. The van der Waals surface area contributed by atoms with Crippen LogP contribution in [0.25, 0.3) is 0 Å². The topological polar surface area (TPSA) is 57.2 Å². The first-order valence-corrected chi connectivity index (χ1v) is 6.77. The lowest BCUT2D eigenvalue weighted by molar-refractivity contribution is -0.0108. The van der Waals surface area contributed by atoms with Crippen LogP contribution in [0.1, 0.15) is 24.5 Å². The number of aliphatic hydroxyl groups excluding tert-OH is 1. The number of hydrogen-bond donors (Lipinski definition) is 1. The highest BCUT2D eigenvalue weighted by atomic mass is 16.5. The lowest BCUT2D eigenvalue weighted by atomic mass is 9.90. The van der Waals surface area contributed by atoms with Crippen molar-refractivity contribution in [3.05, 3.63) is 17.7 Å². The summed E-state index contributed by atoms with van der Waals surface area (Å²) in [6, 6.07) is 3.51. The molecule has 2 atom stereocenters. The highest BCUT2D eigenvalue weighted by Gasteiger charge is 2.27. The van der Waals surface area contributed by atoms with Crippen molar-refractivity contribution in [2.75, 3.05) is 34.5 Å². The van der Waals surface area contributed by atoms with Crippen molar-refractivity contribution in [3.63, 3.8) is 0 Å². The summed E-state index contributed by atoms with van der Waals surface area (Å²) in [4.78, 5) is 0. The number of benzene rings is 1. The fourth-order valence-corrected chi connectivity index (χ4v) is 2.55. The number of rotatable bonds is 5. The van der Waals surface area contributed by atoms with Crippen LogP contribution in [0, 0.1) is 5.92 Å². The van der Waals surface area contributed by atoms with E-state index in [0.29, 0.717) is 29.4 Å². The van der Waals surface area contributed by atoms with Crippen LogP contribution >= 0.6 is 0 Å². The summed E-state index contributed by atoms with van der Waals surface area (Å²) in [6.07, 6.45) is 1.28. The number of aliphatic hydroxyl groups is 1. The zero-order valence-electron chi connectivity index (χ0n) is 12.2. The minimum atomic E-state index is -0.634. The van der Waals surface area contributed by atoms with Gasteiger partial charge >= 0.3 is 0 Å². The zero-order valence-corrected chi connectivity index (χ0v) is 12.2. The molecule has 5 nitrogen and oxygen atoms in total. The van der Waals surface area contributed by atoms with Crippen molar-refractivity contribution in [1.29, 1.82) is 0 Å². The maximum absolute atomic E-state index is 10.6. The molecule has 5 heteroatoms. The van der Waals surface area contributed by atoms with Crippen LogP contribution in [0.2, 0.25) is 0 Å². The van der Waals surface area contributed by atoms with E-state index in [1.165, 1.54) is 0 Å². The first kappa shape index (κ1) is 14.9. The van der Waals surface area contributed by atoms with Gasteiger partial charge in [-0.2, -0.15) is 0 Å². The van der Waals surface area contributed by atoms with Gasteiger partial charge in [-0.1, -0.05) is 0 Å². The minimum absolute atomic E-state index is 0.0794. The molecule has 0 amide bonds. The average Bonchev–Trinajstić information content (AvgIpc) is 2.53. The van der Waals surface area contributed by atoms with E-state index in [4.69, 9.17) is 18.9 Å². The Morgan fingerprint density at radius 1 is 1.10 bits per heavy atom. The largest absolute Gasteiger partial charge is 0.496 e. The molecule has 112 valence electrons. The van der Waals surface area contributed by atoms with Gasteiger partial charge in [0.05, 0.1) is 34.0 Å². The third-order valence-electron chi connectivity index (χ3n) is 3.70. The normalized spacial score (nSPS) is 20.3. The molecule has 1 heterocycles. The molecule has 1 saturated heterocycles. The molecule has 1 aliphatic heterocycles. The molecule has 0 radical (unpaired) electrons. The Balaban J connectivity index is 2.32. The van der Waals surface area contributed by atoms with Crippen molar-refractivity contribution in [2.45, 2.75) is 18.9 Å². The maximum atomic E-state index is 10.6. The Morgan fingerprint density at radius 3 is 2.30 bits per heavy atom. The van der Waals surface area contributed by atoms with Crippen molar-refractivity contribution in [2.24, 2.45) is 5.92 Å². The van der Waals surface area contributed by atoms with Crippen LogP contribution in [0.4, 0.5) is 0 Å². The quantitative estimate of drug-likeness (QED) is 0.897. The fraction of sp³-hybridized carbons (Fsp3) is 0.600. The fourth-order valence-electron chi connectivity index (χ4n) is 2.55. The van der Waals surface area contributed by atoms with E-state index in [0.717, 1.165) is 19.4 Å². The monoisotopic (exact) mass is 282 g/mol. The Hall–Kier alpha value is -1.46. The van der Waals surface area contributed by atoms with Crippen LogP contribution in [0.5, 0.6) is 17.2 Å². The lowest BCUT2D eigenvalue weighted by Gasteiger charge is -2.28. The summed E-state index contributed by atoms with van der Waals surface area (Å²) in [7, 11) is 4.72. The molecule has 2 unspecified atom stereocenters. The standard InChI is InChI=1S/C15H22O5/c1-17-12-8-14(19-3)13(18-2)7-11(12)15(16)10-5-4-6-20-9-10/h7-8,10,15-16H,4-6,9H2,1-3H3. The average molecular weight is 282 g/mol. The van der Waals surface area contributed by atoms with Gasteiger partial charge in [-0.25, -0.2) is 0 Å². The van der Waals surface area contributed by atoms with Crippen molar-refractivity contribution < 1.29 is 24.1 Å². The van der Waals surface area contributed by atoms with E-state index in [1.807, 2.05) is 0 Å². The molecule has 20 heavy (non-hydrogen) atoms. The number of hydrogen-bond acceptors (Lipinski definition) is 5. The number of ether oxygens (including phenoxy) is 4. The third-order valence-corrected chi connectivity index (χ3v) is 3.70. The zero-order chi connectivity index (χ0) is 14.5. The van der Waals surface area contributed by atoms with E-state index < -0.39 is 6.10 Å². The summed E-state index contributed by atoms with van der Waals surface area (Å²) in [5, 5.41) is 10.6. The summed E-state index contributed by atoms with van der Waals surface area (Å²) in [5.74, 6) is 1.84. The van der Waals surface area contributed by atoms with Crippen LogP contribution in [0.3, 0.4) is 0 Å².